The van der Waals surface area contributed by atoms with Gasteiger partial charge in [0.05, 0.1) is 27.7 Å². The van der Waals surface area contributed by atoms with Crippen molar-refractivity contribution in [3.8, 4) is 6.07 Å². The van der Waals surface area contributed by atoms with Crippen LogP contribution in [0.2, 0.25) is 5.02 Å². The summed E-state index contributed by atoms with van der Waals surface area (Å²) in [5.41, 5.74) is 3.02. The SMILES string of the molecule is N#Cc1cc2c(nc1SCC(=O)Nc1ccc(F)c(Cl)c1)C1CCN2CC1. The first-order chi connectivity index (χ1) is 13.0. The highest BCUT2D eigenvalue weighted by Crippen LogP contribution is 2.42. The lowest BCUT2D eigenvalue weighted by molar-refractivity contribution is -0.113. The number of fused-ring (bicyclic) bond motifs is 2. The third-order valence-corrected chi connectivity index (χ3v) is 6.16. The molecule has 1 fully saturated rings. The molecule has 0 saturated carbocycles. The quantitative estimate of drug-likeness (QED) is 0.777. The van der Waals surface area contributed by atoms with Crippen LogP contribution in [0.4, 0.5) is 15.8 Å². The maximum atomic E-state index is 13.2. The van der Waals surface area contributed by atoms with Crippen LogP contribution < -0.4 is 10.2 Å². The van der Waals surface area contributed by atoms with Crippen LogP contribution in [0.15, 0.2) is 29.3 Å². The second-order valence-corrected chi connectivity index (χ2v) is 7.96. The minimum atomic E-state index is -0.536. The number of piperidine rings is 1. The molecule has 4 heterocycles. The summed E-state index contributed by atoms with van der Waals surface area (Å²) in [6.07, 6.45) is 2.17. The second-order valence-electron chi connectivity index (χ2n) is 6.58. The van der Waals surface area contributed by atoms with Crippen molar-refractivity contribution in [3.63, 3.8) is 0 Å². The molecule has 5 nitrogen and oxygen atoms in total. The first-order valence-electron chi connectivity index (χ1n) is 8.63. The molecule has 0 radical (unpaired) electrons. The molecule has 0 unspecified atom stereocenters. The maximum absolute atomic E-state index is 13.2. The van der Waals surface area contributed by atoms with E-state index in [4.69, 9.17) is 16.6 Å². The normalized spacial score (nSPS) is 15.4. The average molecular weight is 403 g/mol. The van der Waals surface area contributed by atoms with Gasteiger partial charge in [0.15, 0.2) is 0 Å². The van der Waals surface area contributed by atoms with Gasteiger partial charge in [0.25, 0.3) is 0 Å². The first kappa shape index (κ1) is 18.1. The van der Waals surface area contributed by atoms with Crippen LogP contribution >= 0.6 is 23.4 Å². The van der Waals surface area contributed by atoms with E-state index in [-0.39, 0.29) is 16.7 Å². The molecule has 0 atom stereocenters. The van der Waals surface area contributed by atoms with Crippen LogP contribution in [0, 0.1) is 17.1 Å². The molecule has 2 bridgehead atoms. The predicted octanol–water partition coefficient (Wildman–Crippen LogP) is 4.17. The number of thioether (sulfide) groups is 1. The third kappa shape index (κ3) is 3.60. The van der Waals surface area contributed by atoms with Crippen LogP contribution in [-0.4, -0.2) is 29.7 Å². The molecule has 27 heavy (non-hydrogen) atoms. The summed E-state index contributed by atoms with van der Waals surface area (Å²) in [6.45, 7) is 2.03. The Labute approximate surface area is 165 Å². The van der Waals surface area contributed by atoms with Gasteiger partial charge in [0, 0.05) is 24.7 Å². The zero-order valence-corrected chi connectivity index (χ0v) is 15.9. The van der Waals surface area contributed by atoms with Gasteiger partial charge in [-0.15, -0.1) is 0 Å². The second kappa shape index (κ2) is 7.37. The highest BCUT2D eigenvalue weighted by molar-refractivity contribution is 8.00. The molecule has 3 aliphatic heterocycles. The molecule has 1 amide bonds. The number of nitriles is 1. The number of carbonyl (C=O) groups is 1. The molecule has 0 aliphatic carbocycles. The summed E-state index contributed by atoms with van der Waals surface area (Å²) in [5.74, 6) is -0.265. The van der Waals surface area contributed by atoms with Gasteiger partial charge in [-0.05, 0) is 37.1 Å². The number of pyridine rings is 1. The van der Waals surface area contributed by atoms with Crippen LogP contribution in [0.1, 0.15) is 30.0 Å². The number of nitrogens with one attached hydrogen (secondary N) is 1. The predicted molar refractivity (Wildman–Crippen MR) is 104 cm³/mol. The molecule has 1 aromatic carbocycles. The number of hydrogen-bond donors (Lipinski definition) is 1. The maximum Gasteiger partial charge on any atom is 0.234 e. The van der Waals surface area contributed by atoms with Crippen LogP contribution in [0.5, 0.6) is 0 Å². The molecule has 1 aromatic heterocycles. The third-order valence-electron chi connectivity index (χ3n) is 4.88. The number of anilines is 2. The lowest BCUT2D eigenvalue weighted by atomic mass is 9.86. The van der Waals surface area contributed by atoms with E-state index in [2.05, 4.69) is 16.3 Å². The van der Waals surface area contributed by atoms with Crippen LogP contribution in [-0.2, 0) is 4.79 Å². The van der Waals surface area contributed by atoms with Gasteiger partial charge in [-0.2, -0.15) is 5.26 Å². The van der Waals surface area contributed by atoms with Crippen molar-refractivity contribution < 1.29 is 9.18 Å². The van der Waals surface area contributed by atoms with Gasteiger partial charge < -0.3 is 10.2 Å². The van der Waals surface area contributed by atoms with Gasteiger partial charge in [-0.25, -0.2) is 9.37 Å². The van der Waals surface area contributed by atoms with E-state index < -0.39 is 5.82 Å². The molecule has 1 saturated heterocycles. The van der Waals surface area contributed by atoms with Crippen LogP contribution in [0.25, 0.3) is 0 Å². The number of aromatic nitrogens is 1. The highest BCUT2D eigenvalue weighted by atomic mass is 35.5. The molecule has 3 aliphatic rings. The zero-order valence-electron chi connectivity index (χ0n) is 14.3. The number of benzene rings is 1. The van der Waals surface area contributed by atoms with E-state index in [1.165, 1.54) is 30.0 Å². The summed E-state index contributed by atoms with van der Waals surface area (Å²) in [6, 6.07) is 8.11. The summed E-state index contributed by atoms with van der Waals surface area (Å²) >= 11 is 6.96. The van der Waals surface area contributed by atoms with Crippen molar-refractivity contribution in [2.45, 2.75) is 23.8 Å². The topological polar surface area (TPSA) is 69.0 Å². The zero-order chi connectivity index (χ0) is 19.0. The van der Waals surface area contributed by atoms with E-state index in [9.17, 15) is 14.4 Å². The minimum Gasteiger partial charge on any atom is -0.370 e. The Kier molecular flexibility index (Phi) is 4.94. The molecule has 8 heteroatoms. The fourth-order valence-electron chi connectivity index (χ4n) is 3.54. The van der Waals surface area contributed by atoms with Crippen molar-refractivity contribution in [1.29, 1.82) is 5.26 Å². The Bertz CT molecular complexity index is 953. The van der Waals surface area contributed by atoms with E-state index in [1.807, 2.05) is 6.07 Å². The van der Waals surface area contributed by atoms with Crippen molar-refractivity contribution in [2.75, 3.05) is 29.1 Å². The van der Waals surface area contributed by atoms with Crippen molar-refractivity contribution >= 4 is 40.6 Å². The molecular weight excluding hydrogens is 387 g/mol. The van der Waals surface area contributed by atoms with E-state index in [0.29, 0.717) is 22.2 Å². The Morgan fingerprint density at radius 2 is 2.19 bits per heavy atom. The number of nitrogens with zero attached hydrogens (tertiary/aromatic N) is 3. The van der Waals surface area contributed by atoms with E-state index in [0.717, 1.165) is 37.3 Å². The molecule has 2 aromatic rings. The van der Waals surface area contributed by atoms with Gasteiger partial charge in [-0.1, -0.05) is 23.4 Å². The number of hydrogen-bond acceptors (Lipinski definition) is 5. The van der Waals surface area contributed by atoms with Gasteiger partial charge in [0.2, 0.25) is 5.91 Å². The molecule has 138 valence electrons. The lowest BCUT2D eigenvalue weighted by Crippen LogP contribution is -2.39. The van der Waals surface area contributed by atoms with Gasteiger partial charge >= 0.3 is 0 Å². The van der Waals surface area contributed by atoms with Gasteiger partial charge in [0.1, 0.15) is 16.9 Å². The average Bonchev–Trinajstić information content (AvgIpc) is 2.69. The van der Waals surface area contributed by atoms with Gasteiger partial charge in [-0.3, -0.25) is 4.79 Å². The number of carbonyl (C=O) groups excluding carboxylic acids is 1. The molecule has 1 N–H and O–H groups in total. The van der Waals surface area contributed by atoms with Crippen LogP contribution in [0.3, 0.4) is 0 Å². The fourth-order valence-corrected chi connectivity index (χ4v) is 4.49. The summed E-state index contributed by atoms with van der Waals surface area (Å²) in [5, 5.41) is 12.7. The Morgan fingerprint density at radius 3 is 2.89 bits per heavy atom. The lowest BCUT2D eigenvalue weighted by Gasteiger charge is -2.41. The van der Waals surface area contributed by atoms with Crippen molar-refractivity contribution in [1.82, 2.24) is 4.98 Å². The molecule has 0 spiro atoms. The Morgan fingerprint density at radius 1 is 1.41 bits per heavy atom. The fraction of sp³-hybridized carbons (Fsp3) is 0.316. The summed E-state index contributed by atoms with van der Waals surface area (Å²) < 4.78 is 13.2. The monoisotopic (exact) mass is 402 g/mol. The Balaban J connectivity index is 1.48. The number of halogens is 2. The summed E-state index contributed by atoms with van der Waals surface area (Å²) in [4.78, 5) is 19.2. The first-order valence-corrected chi connectivity index (χ1v) is 9.99. The molecular formula is C19H16ClFN4OS. The smallest absolute Gasteiger partial charge is 0.234 e. The number of amides is 1. The standard InChI is InChI=1S/C19H16ClFN4OS/c20-14-8-13(1-2-15(14)21)23-17(26)10-27-19-12(9-22)7-16-18(24-19)11-3-5-25(16)6-4-11/h1-2,7-8,11H,3-6,10H2,(H,23,26). The van der Waals surface area contributed by atoms with E-state index in [1.54, 1.807) is 0 Å². The summed E-state index contributed by atoms with van der Waals surface area (Å²) in [7, 11) is 0. The molecule has 5 rings (SSSR count). The highest BCUT2D eigenvalue weighted by Gasteiger charge is 2.33. The minimum absolute atomic E-state index is 0.0476. The van der Waals surface area contributed by atoms with E-state index >= 15 is 0 Å². The van der Waals surface area contributed by atoms with Crippen molar-refractivity contribution in [3.05, 3.63) is 46.4 Å². The number of rotatable bonds is 4. The Hall–Kier alpha value is -2.30. The largest absolute Gasteiger partial charge is 0.370 e. The van der Waals surface area contributed by atoms with Crippen molar-refractivity contribution in [2.24, 2.45) is 0 Å².